The van der Waals surface area contributed by atoms with Crippen LogP contribution in [0.2, 0.25) is 0 Å². The van der Waals surface area contributed by atoms with Gasteiger partial charge in [-0.2, -0.15) is 5.10 Å². The minimum absolute atomic E-state index is 0.00109. The quantitative estimate of drug-likeness (QED) is 0.191. The number of carbonyl (C=O) groups is 3. The van der Waals surface area contributed by atoms with E-state index in [9.17, 15) is 19.5 Å². The number of aryl methyl sites for hydroxylation is 1. The summed E-state index contributed by atoms with van der Waals surface area (Å²) in [5, 5.41) is 31.5. The maximum Gasteiger partial charge on any atom is 0.410 e. The summed E-state index contributed by atoms with van der Waals surface area (Å²) in [5.41, 5.74) is -0.978. The molecule has 2 N–H and O–H groups in total. The number of cyclic esters (lactones) is 1. The number of carbonyl (C=O) groups excluding carboxylic acids is 3. The van der Waals surface area contributed by atoms with E-state index in [-0.39, 0.29) is 30.5 Å². The Morgan fingerprint density at radius 2 is 1.81 bits per heavy atom. The number of hydrogen-bond acceptors (Lipinski definition) is 15. The van der Waals surface area contributed by atoms with Crippen LogP contribution in [0.1, 0.15) is 87.0 Å². The van der Waals surface area contributed by atoms with Gasteiger partial charge in [0, 0.05) is 44.9 Å². The third kappa shape index (κ3) is 10.2. The van der Waals surface area contributed by atoms with E-state index in [1.165, 1.54) is 6.92 Å². The van der Waals surface area contributed by atoms with Crippen molar-refractivity contribution in [1.29, 1.82) is 0 Å². The molecule has 0 radical (unpaired) electrons. The Balaban J connectivity index is 1.36. The van der Waals surface area contributed by atoms with Gasteiger partial charge in [0.15, 0.2) is 11.9 Å². The number of nitrogens with zero attached hydrogens (tertiary/aromatic N) is 7. The summed E-state index contributed by atoms with van der Waals surface area (Å²) in [6, 6.07) is 2.59. The Bertz CT molecular complexity index is 1650. The van der Waals surface area contributed by atoms with Crippen LogP contribution in [0.25, 0.3) is 11.4 Å². The predicted molar refractivity (Wildman–Crippen MR) is 209 cm³/mol. The molecule has 318 valence electrons. The number of amides is 1. The van der Waals surface area contributed by atoms with Crippen molar-refractivity contribution in [2.24, 2.45) is 11.8 Å². The highest BCUT2D eigenvalue weighted by Gasteiger charge is 2.58. The van der Waals surface area contributed by atoms with Gasteiger partial charge in [0.1, 0.15) is 35.3 Å². The molecule has 0 aromatic carbocycles. The standard InChI is InChI=1S/C40H64N8O9/c1-11-32-40(7)35(48(38(52)57-40)18-13-12-17-47-23-29(44-45-47)28-15-14-16-42-43-28)27(5)41-22-24(2)21-39(6,53-10)33(20-31(49)26(4)36(51)55-32)56-37-34(50)30(46(8)9)19-25(3)54-37/h14-16,23-27,30,32-35,37,41,50H,11-13,17-22H2,1-10H3/t24-,25?,26-,27-,30?,32-,33-,34?,35-,37+,39-,40-/m1/s1. The van der Waals surface area contributed by atoms with Gasteiger partial charge < -0.3 is 39.0 Å². The van der Waals surface area contributed by atoms with E-state index in [0.29, 0.717) is 63.1 Å². The number of ketones is 1. The van der Waals surface area contributed by atoms with Gasteiger partial charge in [-0.3, -0.25) is 19.2 Å². The largest absolute Gasteiger partial charge is 0.458 e. The molecule has 0 saturated carbocycles. The number of hydrogen-bond donors (Lipinski definition) is 2. The molecular formula is C40H64N8O9. The Morgan fingerprint density at radius 1 is 1.07 bits per heavy atom. The Labute approximate surface area is 336 Å². The van der Waals surface area contributed by atoms with Gasteiger partial charge in [0.05, 0.1) is 30.0 Å². The lowest BCUT2D eigenvalue weighted by molar-refractivity contribution is -0.289. The molecule has 17 heteroatoms. The first-order valence-corrected chi connectivity index (χ1v) is 20.4. The number of esters is 1. The zero-order chi connectivity index (χ0) is 41.7. The number of Topliss-reactive ketones (excluding diaryl/α,β-unsaturated/α-hetero) is 1. The van der Waals surface area contributed by atoms with Crippen molar-refractivity contribution in [3.05, 3.63) is 24.5 Å². The Kier molecular flexibility index (Phi) is 14.8. The zero-order valence-corrected chi connectivity index (χ0v) is 35.3. The summed E-state index contributed by atoms with van der Waals surface area (Å²) in [6.45, 7) is 14.6. The van der Waals surface area contributed by atoms with Crippen LogP contribution in [-0.4, -0.2) is 152 Å². The van der Waals surface area contributed by atoms with Crippen molar-refractivity contribution in [2.75, 3.05) is 34.3 Å². The van der Waals surface area contributed by atoms with Crippen molar-refractivity contribution in [2.45, 2.75) is 154 Å². The average molecular weight is 801 g/mol. The lowest BCUT2D eigenvalue weighted by Crippen LogP contribution is -2.61. The second-order valence-electron chi connectivity index (χ2n) is 16.8. The summed E-state index contributed by atoms with van der Waals surface area (Å²) in [4.78, 5) is 45.3. The molecule has 3 fully saturated rings. The SMILES string of the molecule is CC[C@H]1OC(=O)[C@H](C)C(=O)C[C@@H](O[C@@H]2OC(C)CC(N(C)C)C2O)[C@](C)(OC)C[C@@H](C)CN[C@H](C)[C@H]2N(CCCCn3cc(-c4cccnn4)nn3)C(=O)O[C@]12C. The second-order valence-corrected chi connectivity index (χ2v) is 16.8. The summed E-state index contributed by atoms with van der Waals surface area (Å²) in [6.07, 6.45) is 1.63. The van der Waals surface area contributed by atoms with Gasteiger partial charge in [-0.1, -0.05) is 19.1 Å². The van der Waals surface area contributed by atoms with Crippen LogP contribution in [0.15, 0.2) is 24.5 Å². The molecule has 3 saturated heterocycles. The van der Waals surface area contributed by atoms with E-state index in [1.54, 1.807) is 29.0 Å². The molecular weight excluding hydrogens is 736 g/mol. The van der Waals surface area contributed by atoms with Crippen molar-refractivity contribution < 1.29 is 43.2 Å². The van der Waals surface area contributed by atoms with Crippen LogP contribution in [0.3, 0.4) is 0 Å². The smallest absolute Gasteiger partial charge is 0.410 e. The maximum atomic E-state index is 14.0. The highest BCUT2D eigenvalue weighted by molar-refractivity contribution is 5.99. The fourth-order valence-electron chi connectivity index (χ4n) is 8.67. The molecule has 2 aromatic rings. The fraction of sp³-hybridized carbons (Fsp3) is 0.775. The van der Waals surface area contributed by atoms with E-state index < -0.39 is 65.6 Å². The molecule has 2 aromatic heterocycles. The third-order valence-corrected chi connectivity index (χ3v) is 12.1. The van der Waals surface area contributed by atoms with Crippen LogP contribution in [-0.2, 0) is 39.8 Å². The van der Waals surface area contributed by atoms with Crippen molar-refractivity contribution in [1.82, 2.24) is 40.3 Å². The molecule has 1 amide bonds. The highest BCUT2D eigenvalue weighted by atomic mass is 16.7. The molecule has 5 rings (SSSR count). The maximum absolute atomic E-state index is 14.0. The van der Waals surface area contributed by atoms with E-state index >= 15 is 0 Å². The third-order valence-electron chi connectivity index (χ3n) is 12.1. The lowest BCUT2D eigenvalue weighted by Gasteiger charge is -2.45. The summed E-state index contributed by atoms with van der Waals surface area (Å²) < 4.78 is 32.9. The zero-order valence-electron chi connectivity index (χ0n) is 35.3. The number of ether oxygens (including phenoxy) is 5. The van der Waals surface area contributed by atoms with Crippen LogP contribution in [0, 0.1) is 11.8 Å². The molecule has 3 unspecified atom stereocenters. The van der Waals surface area contributed by atoms with Gasteiger partial charge in [-0.05, 0) is 105 Å². The normalized spacial score (nSPS) is 36.0. The minimum Gasteiger partial charge on any atom is -0.458 e. The van der Waals surface area contributed by atoms with Crippen LogP contribution >= 0.6 is 0 Å². The van der Waals surface area contributed by atoms with Crippen molar-refractivity contribution >= 4 is 17.8 Å². The first kappa shape index (κ1) is 44.5. The van der Waals surface area contributed by atoms with Crippen molar-refractivity contribution in [3.63, 3.8) is 0 Å². The summed E-state index contributed by atoms with van der Waals surface area (Å²) in [5.74, 6) is -2.27. The molecule has 0 aliphatic carbocycles. The number of rotatable bonds is 11. The molecule has 12 atom stereocenters. The Morgan fingerprint density at radius 3 is 2.47 bits per heavy atom. The number of nitrogens with one attached hydrogen (secondary N) is 1. The molecule has 3 aliphatic rings. The van der Waals surface area contributed by atoms with Crippen LogP contribution in [0.5, 0.6) is 0 Å². The average Bonchev–Trinajstić information content (AvgIpc) is 3.76. The highest BCUT2D eigenvalue weighted by Crippen LogP contribution is 2.39. The Hall–Kier alpha value is -3.61. The van der Waals surface area contributed by atoms with Gasteiger partial charge in [-0.15, -0.1) is 10.2 Å². The topological polar surface area (TPSA) is 193 Å². The van der Waals surface area contributed by atoms with Crippen LogP contribution < -0.4 is 5.32 Å². The minimum atomic E-state index is -1.22. The number of aliphatic hydroxyl groups is 1. The second kappa shape index (κ2) is 19.0. The molecule has 0 bridgehead atoms. The lowest BCUT2D eigenvalue weighted by atomic mass is 9.83. The molecule has 0 spiro atoms. The first-order valence-electron chi connectivity index (χ1n) is 20.4. The van der Waals surface area contributed by atoms with Gasteiger partial charge >= 0.3 is 12.1 Å². The van der Waals surface area contributed by atoms with Gasteiger partial charge in [0.2, 0.25) is 0 Å². The molecule has 3 aliphatic heterocycles. The number of aliphatic hydroxyl groups excluding tert-OH is 1. The summed E-state index contributed by atoms with van der Waals surface area (Å²) >= 11 is 0. The van der Waals surface area contributed by atoms with Crippen LogP contribution in [0.4, 0.5) is 4.79 Å². The van der Waals surface area contributed by atoms with E-state index in [4.69, 9.17) is 23.7 Å². The van der Waals surface area contributed by atoms with Gasteiger partial charge in [0.25, 0.3) is 0 Å². The molecule has 17 nitrogen and oxygen atoms in total. The first-order chi connectivity index (χ1) is 27.0. The monoisotopic (exact) mass is 800 g/mol. The summed E-state index contributed by atoms with van der Waals surface area (Å²) in [7, 11) is 5.38. The number of unbranched alkanes of at least 4 members (excludes halogenated alkanes) is 1. The molecule has 5 heterocycles. The predicted octanol–water partition coefficient (Wildman–Crippen LogP) is 3.25. The number of fused-ring (bicyclic) bond motifs is 1. The molecule has 57 heavy (non-hydrogen) atoms. The van der Waals surface area contributed by atoms with E-state index in [2.05, 4.69) is 32.7 Å². The van der Waals surface area contributed by atoms with E-state index in [1.807, 2.05) is 65.9 Å². The van der Waals surface area contributed by atoms with Crippen molar-refractivity contribution in [3.8, 4) is 11.4 Å². The van der Waals surface area contributed by atoms with Gasteiger partial charge in [-0.25, -0.2) is 4.79 Å². The number of aromatic nitrogens is 5. The number of likely N-dealkylation sites (N-methyl/N-ethyl adjacent to an activating group) is 1. The number of methoxy groups -OCH3 is 1. The fourth-order valence-corrected chi connectivity index (χ4v) is 8.67. The van der Waals surface area contributed by atoms with E-state index in [0.717, 1.165) is 0 Å².